The van der Waals surface area contributed by atoms with E-state index in [1.54, 1.807) is 18.2 Å². The summed E-state index contributed by atoms with van der Waals surface area (Å²) in [6, 6.07) is 8.26. The molecular formula is C14H12BrClF2N2. The minimum absolute atomic E-state index is 0.292. The maximum absolute atomic E-state index is 13.9. The maximum Gasteiger partial charge on any atom is 0.128 e. The molecule has 0 saturated carbocycles. The number of hydrazine groups is 1. The van der Waals surface area contributed by atoms with Crippen molar-refractivity contribution in [1.29, 1.82) is 0 Å². The van der Waals surface area contributed by atoms with Crippen molar-refractivity contribution in [3.05, 3.63) is 68.7 Å². The summed E-state index contributed by atoms with van der Waals surface area (Å²) in [5, 5.41) is 0.292. The lowest BCUT2D eigenvalue weighted by atomic mass is 9.99. The highest BCUT2D eigenvalue weighted by atomic mass is 79.9. The molecule has 0 fully saturated rings. The minimum Gasteiger partial charge on any atom is -0.271 e. The van der Waals surface area contributed by atoms with Gasteiger partial charge in [-0.3, -0.25) is 11.3 Å². The average molecular weight is 362 g/mol. The lowest BCUT2D eigenvalue weighted by molar-refractivity contribution is 0.510. The molecule has 0 bridgehead atoms. The van der Waals surface area contributed by atoms with Gasteiger partial charge in [0.1, 0.15) is 11.6 Å². The van der Waals surface area contributed by atoms with Gasteiger partial charge in [0.2, 0.25) is 0 Å². The van der Waals surface area contributed by atoms with E-state index in [4.69, 9.17) is 17.4 Å². The number of benzene rings is 2. The number of rotatable bonds is 4. The Balaban J connectivity index is 2.31. The molecule has 6 heteroatoms. The highest BCUT2D eigenvalue weighted by Gasteiger charge is 2.17. The molecule has 20 heavy (non-hydrogen) atoms. The first kappa shape index (κ1) is 15.4. The van der Waals surface area contributed by atoms with Crippen LogP contribution in [0.1, 0.15) is 17.2 Å². The number of hydrogen-bond acceptors (Lipinski definition) is 2. The van der Waals surface area contributed by atoms with E-state index in [2.05, 4.69) is 21.4 Å². The van der Waals surface area contributed by atoms with E-state index >= 15 is 0 Å². The average Bonchev–Trinajstić information content (AvgIpc) is 2.41. The van der Waals surface area contributed by atoms with Gasteiger partial charge >= 0.3 is 0 Å². The summed E-state index contributed by atoms with van der Waals surface area (Å²) in [5.74, 6) is 4.72. The zero-order valence-corrected chi connectivity index (χ0v) is 12.7. The number of hydrogen-bond donors (Lipinski definition) is 2. The smallest absolute Gasteiger partial charge is 0.128 e. The van der Waals surface area contributed by atoms with Gasteiger partial charge in [-0.25, -0.2) is 8.78 Å². The summed E-state index contributed by atoms with van der Waals surface area (Å²) < 4.78 is 27.6. The summed E-state index contributed by atoms with van der Waals surface area (Å²) in [6.45, 7) is 0. The van der Waals surface area contributed by atoms with Crippen LogP contribution in [0.5, 0.6) is 0 Å². The SMILES string of the molecule is NNC(Cc1ccc(F)cc1Cl)c1cc(Br)ccc1F. The van der Waals surface area contributed by atoms with Gasteiger partial charge in [0.15, 0.2) is 0 Å². The van der Waals surface area contributed by atoms with E-state index in [1.807, 2.05) is 0 Å². The standard InChI is InChI=1S/C14H12BrClF2N2/c15-9-2-4-13(18)11(6-9)14(20-19)5-8-1-3-10(17)7-12(8)16/h1-4,6-7,14,20H,5,19H2. The second-order valence-electron chi connectivity index (χ2n) is 4.32. The van der Waals surface area contributed by atoms with Crippen LogP contribution < -0.4 is 11.3 Å². The van der Waals surface area contributed by atoms with Crippen LogP contribution in [-0.4, -0.2) is 0 Å². The molecule has 3 N–H and O–H groups in total. The van der Waals surface area contributed by atoms with E-state index in [0.717, 1.165) is 4.47 Å². The Hall–Kier alpha value is -1.01. The largest absolute Gasteiger partial charge is 0.271 e. The van der Waals surface area contributed by atoms with Crippen LogP contribution in [0, 0.1) is 11.6 Å². The molecular weight excluding hydrogens is 350 g/mol. The maximum atomic E-state index is 13.9. The van der Waals surface area contributed by atoms with E-state index in [9.17, 15) is 8.78 Å². The third kappa shape index (κ3) is 3.55. The molecule has 2 nitrogen and oxygen atoms in total. The number of nitrogens with one attached hydrogen (secondary N) is 1. The second-order valence-corrected chi connectivity index (χ2v) is 5.65. The minimum atomic E-state index is -0.463. The third-order valence-corrected chi connectivity index (χ3v) is 3.82. The predicted octanol–water partition coefficient (Wildman–Crippen LogP) is 4.13. The Morgan fingerprint density at radius 1 is 1.20 bits per heavy atom. The van der Waals surface area contributed by atoms with Gasteiger partial charge in [0.05, 0.1) is 6.04 Å². The summed E-state index contributed by atoms with van der Waals surface area (Å²) >= 11 is 9.27. The Bertz CT molecular complexity index is 622. The molecule has 0 spiro atoms. The third-order valence-electron chi connectivity index (χ3n) is 2.97. The zero-order valence-electron chi connectivity index (χ0n) is 10.3. The van der Waals surface area contributed by atoms with Crippen LogP contribution in [0.25, 0.3) is 0 Å². The van der Waals surface area contributed by atoms with Gasteiger partial charge in [0, 0.05) is 15.1 Å². The Morgan fingerprint density at radius 3 is 2.60 bits per heavy atom. The van der Waals surface area contributed by atoms with Gasteiger partial charge in [-0.1, -0.05) is 33.6 Å². The summed E-state index contributed by atoms with van der Waals surface area (Å²) in [4.78, 5) is 0. The van der Waals surface area contributed by atoms with Crippen LogP contribution in [0.2, 0.25) is 5.02 Å². The highest BCUT2D eigenvalue weighted by molar-refractivity contribution is 9.10. The molecule has 0 aliphatic heterocycles. The Labute approximate surface area is 129 Å². The molecule has 2 aromatic rings. The summed E-state index contributed by atoms with van der Waals surface area (Å²) in [7, 11) is 0. The van der Waals surface area contributed by atoms with E-state index in [-0.39, 0.29) is 5.82 Å². The van der Waals surface area contributed by atoms with E-state index in [0.29, 0.717) is 22.6 Å². The van der Waals surface area contributed by atoms with Crippen molar-refractivity contribution in [2.24, 2.45) is 5.84 Å². The molecule has 2 rings (SSSR count). The van der Waals surface area contributed by atoms with Crippen molar-refractivity contribution in [2.75, 3.05) is 0 Å². The van der Waals surface area contributed by atoms with Crippen LogP contribution in [-0.2, 0) is 6.42 Å². The monoisotopic (exact) mass is 360 g/mol. The molecule has 1 unspecified atom stereocenters. The summed E-state index contributed by atoms with van der Waals surface area (Å²) in [6.07, 6.45) is 0.350. The fourth-order valence-electron chi connectivity index (χ4n) is 1.95. The van der Waals surface area contributed by atoms with E-state index < -0.39 is 11.9 Å². The molecule has 0 aliphatic rings. The van der Waals surface area contributed by atoms with Crippen LogP contribution in [0.4, 0.5) is 8.78 Å². The van der Waals surface area contributed by atoms with Gasteiger partial charge in [-0.15, -0.1) is 0 Å². The first-order valence-electron chi connectivity index (χ1n) is 5.86. The molecule has 0 aliphatic carbocycles. The van der Waals surface area contributed by atoms with Crippen molar-refractivity contribution in [2.45, 2.75) is 12.5 Å². The second kappa shape index (κ2) is 6.63. The molecule has 0 radical (unpaired) electrons. The molecule has 2 aromatic carbocycles. The topological polar surface area (TPSA) is 38.0 Å². The normalized spacial score (nSPS) is 12.4. The van der Waals surface area contributed by atoms with Crippen molar-refractivity contribution in [1.82, 2.24) is 5.43 Å². The molecule has 0 heterocycles. The van der Waals surface area contributed by atoms with Gasteiger partial charge in [-0.2, -0.15) is 0 Å². The number of halogens is 4. The summed E-state index contributed by atoms with van der Waals surface area (Å²) in [5.41, 5.74) is 3.67. The fourth-order valence-corrected chi connectivity index (χ4v) is 2.57. The first-order valence-corrected chi connectivity index (χ1v) is 7.03. The van der Waals surface area contributed by atoms with Crippen molar-refractivity contribution in [3.8, 4) is 0 Å². The molecule has 0 saturated heterocycles. The van der Waals surface area contributed by atoms with Crippen molar-refractivity contribution < 1.29 is 8.78 Å². The van der Waals surface area contributed by atoms with Gasteiger partial charge in [-0.05, 0) is 42.3 Å². The molecule has 0 aromatic heterocycles. The highest BCUT2D eigenvalue weighted by Crippen LogP contribution is 2.27. The lowest BCUT2D eigenvalue weighted by Gasteiger charge is -2.18. The quantitative estimate of drug-likeness (QED) is 0.635. The predicted molar refractivity (Wildman–Crippen MR) is 79.3 cm³/mol. The van der Waals surface area contributed by atoms with Gasteiger partial charge < -0.3 is 0 Å². The van der Waals surface area contributed by atoms with Gasteiger partial charge in [0.25, 0.3) is 0 Å². The first-order chi connectivity index (χ1) is 9.51. The fraction of sp³-hybridized carbons (Fsp3) is 0.143. The molecule has 0 amide bonds. The lowest BCUT2D eigenvalue weighted by Crippen LogP contribution is -2.30. The van der Waals surface area contributed by atoms with Crippen LogP contribution >= 0.6 is 27.5 Å². The Morgan fingerprint density at radius 2 is 1.95 bits per heavy atom. The molecule has 1 atom stereocenters. The van der Waals surface area contributed by atoms with E-state index in [1.165, 1.54) is 18.2 Å². The van der Waals surface area contributed by atoms with Crippen LogP contribution in [0.15, 0.2) is 40.9 Å². The van der Waals surface area contributed by atoms with Crippen molar-refractivity contribution >= 4 is 27.5 Å². The molecule has 106 valence electrons. The Kier molecular flexibility index (Phi) is 5.10. The zero-order chi connectivity index (χ0) is 14.7. The van der Waals surface area contributed by atoms with Crippen molar-refractivity contribution in [3.63, 3.8) is 0 Å². The van der Waals surface area contributed by atoms with Crippen LogP contribution in [0.3, 0.4) is 0 Å². The number of nitrogens with two attached hydrogens (primary N) is 1.